The third-order valence-electron chi connectivity index (χ3n) is 3.67. The molecule has 2 rings (SSSR count). The van der Waals surface area contributed by atoms with Crippen LogP contribution in [0, 0.1) is 5.82 Å². The Morgan fingerprint density at radius 1 is 1.38 bits per heavy atom. The van der Waals surface area contributed by atoms with Crippen LogP contribution in [0.2, 0.25) is 0 Å². The van der Waals surface area contributed by atoms with Crippen LogP contribution in [0.25, 0.3) is 0 Å². The Kier molecular flexibility index (Phi) is 5.89. The van der Waals surface area contributed by atoms with Gasteiger partial charge in [-0.05, 0) is 18.1 Å². The molecule has 132 valence electrons. The number of amides is 2. The number of carbonyl (C=O) groups is 2. The number of rotatable bonds is 7. The summed E-state index contributed by atoms with van der Waals surface area (Å²) >= 11 is 0. The maximum atomic E-state index is 13.5. The monoisotopic (exact) mass is 357 g/mol. The van der Waals surface area contributed by atoms with Gasteiger partial charge in [0.25, 0.3) is 0 Å². The highest BCUT2D eigenvalue weighted by molar-refractivity contribution is 7.88. The molecule has 24 heavy (non-hydrogen) atoms. The van der Waals surface area contributed by atoms with E-state index in [-0.39, 0.29) is 31.3 Å². The zero-order chi connectivity index (χ0) is 17.7. The third-order valence-corrected chi connectivity index (χ3v) is 4.38. The Morgan fingerprint density at radius 3 is 2.75 bits per heavy atom. The van der Waals surface area contributed by atoms with Crippen LogP contribution < -0.4 is 10.0 Å². The van der Waals surface area contributed by atoms with Crippen molar-refractivity contribution >= 4 is 21.8 Å². The van der Waals surface area contributed by atoms with Crippen LogP contribution in [0.15, 0.2) is 24.3 Å². The summed E-state index contributed by atoms with van der Waals surface area (Å²) in [4.78, 5) is 25.3. The molecule has 1 aliphatic rings. The van der Waals surface area contributed by atoms with Crippen LogP contribution in [-0.2, 0) is 26.0 Å². The lowest BCUT2D eigenvalue weighted by Gasteiger charge is -2.17. The number of hydrogen-bond donors (Lipinski definition) is 2. The smallest absolute Gasteiger partial charge is 0.240 e. The van der Waals surface area contributed by atoms with Gasteiger partial charge in [0.05, 0.1) is 12.7 Å². The summed E-state index contributed by atoms with van der Waals surface area (Å²) in [6, 6.07) is 5.30. The van der Waals surface area contributed by atoms with E-state index in [1.807, 2.05) is 0 Å². The van der Waals surface area contributed by atoms with Gasteiger partial charge in [-0.2, -0.15) is 0 Å². The van der Waals surface area contributed by atoms with Gasteiger partial charge in [-0.3, -0.25) is 9.59 Å². The molecule has 1 aliphatic heterocycles. The first-order valence-corrected chi connectivity index (χ1v) is 9.41. The second-order valence-corrected chi connectivity index (χ2v) is 7.45. The van der Waals surface area contributed by atoms with Gasteiger partial charge in [0.2, 0.25) is 21.8 Å². The molecule has 1 aromatic carbocycles. The van der Waals surface area contributed by atoms with Crippen LogP contribution in [0.4, 0.5) is 4.39 Å². The highest BCUT2D eigenvalue weighted by atomic mass is 32.2. The molecule has 2 N–H and O–H groups in total. The van der Waals surface area contributed by atoms with Crippen molar-refractivity contribution in [2.24, 2.45) is 0 Å². The summed E-state index contributed by atoms with van der Waals surface area (Å²) in [5, 5.41) is 2.63. The summed E-state index contributed by atoms with van der Waals surface area (Å²) in [6.45, 7) is 0.934. The van der Waals surface area contributed by atoms with Crippen molar-refractivity contribution in [1.82, 2.24) is 14.9 Å². The Morgan fingerprint density at radius 2 is 2.08 bits per heavy atom. The van der Waals surface area contributed by atoms with E-state index in [0.717, 1.165) is 6.26 Å². The van der Waals surface area contributed by atoms with Crippen LogP contribution in [0.5, 0.6) is 0 Å². The zero-order valence-corrected chi connectivity index (χ0v) is 14.1. The normalized spacial score (nSPS) is 18.0. The Bertz CT molecular complexity index is 723. The van der Waals surface area contributed by atoms with Gasteiger partial charge in [0.1, 0.15) is 11.9 Å². The van der Waals surface area contributed by atoms with Crippen LogP contribution >= 0.6 is 0 Å². The first-order valence-electron chi connectivity index (χ1n) is 7.52. The van der Waals surface area contributed by atoms with E-state index in [0.29, 0.717) is 18.5 Å². The molecule has 1 aromatic rings. The van der Waals surface area contributed by atoms with Crippen LogP contribution in [-0.4, -0.2) is 57.1 Å². The van der Waals surface area contributed by atoms with Crippen LogP contribution in [0.1, 0.15) is 12.0 Å². The van der Waals surface area contributed by atoms with Crippen molar-refractivity contribution in [3.05, 3.63) is 35.6 Å². The molecular weight excluding hydrogens is 337 g/mol. The minimum absolute atomic E-state index is 0.0706. The Hall–Kier alpha value is -2.00. The fraction of sp³-hybridized carbons (Fsp3) is 0.467. The number of carbonyl (C=O) groups excluding carboxylic acids is 2. The maximum absolute atomic E-state index is 13.5. The van der Waals surface area contributed by atoms with E-state index in [4.69, 9.17) is 0 Å². The van der Waals surface area contributed by atoms with Crippen molar-refractivity contribution in [3.8, 4) is 0 Å². The standard InChI is InChI=1S/C15H20FN3O4S/c1-24(22,23)18-13-6-8-19(15(13)21)9-7-17-14(20)10-11-4-2-3-5-12(11)16/h2-5,13,18H,6-10H2,1H3,(H,17,20). The summed E-state index contributed by atoms with van der Waals surface area (Å²) in [6.07, 6.45) is 1.33. The number of nitrogens with zero attached hydrogens (tertiary/aromatic N) is 1. The first kappa shape index (κ1) is 18.3. The molecule has 1 saturated heterocycles. The van der Waals surface area contributed by atoms with Crippen molar-refractivity contribution in [3.63, 3.8) is 0 Å². The van der Waals surface area contributed by atoms with Crippen molar-refractivity contribution in [1.29, 1.82) is 0 Å². The second-order valence-electron chi connectivity index (χ2n) is 5.67. The van der Waals surface area contributed by atoms with E-state index in [1.165, 1.54) is 11.0 Å². The number of halogens is 1. The van der Waals surface area contributed by atoms with E-state index in [2.05, 4.69) is 10.0 Å². The minimum atomic E-state index is -3.44. The topological polar surface area (TPSA) is 95.6 Å². The van der Waals surface area contributed by atoms with E-state index in [1.54, 1.807) is 18.2 Å². The van der Waals surface area contributed by atoms with Gasteiger partial charge in [-0.25, -0.2) is 17.5 Å². The summed E-state index contributed by atoms with van der Waals surface area (Å²) < 4.78 is 38.1. The number of hydrogen-bond acceptors (Lipinski definition) is 4. The van der Waals surface area contributed by atoms with Crippen LogP contribution in [0.3, 0.4) is 0 Å². The van der Waals surface area contributed by atoms with Gasteiger partial charge in [0, 0.05) is 19.6 Å². The lowest BCUT2D eigenvalue weighted by Crippen LogP contribution is -2.43. The molecule has 0 radical (unpaired) electrons. The molecular formula is C15H20FN3O4S. The minimum Gasteiger partial charge on any atom is -0.354 e. The number of likely N-dealkylation sites (tertiary alicyclic amines) is 1. The number of sulfonamides is 1. The Balaban J connectivity index is 1.75. The molecule has 0 aromatic heterocycles. The lowest BCUT2D eigenvalue weighted by atomic mass is 10.1. The van der Waals surface area contributed by atoms with Crippen molar-refractivity contribution < 1.29 is 22.4 Å². The van der Waals surface area contributed by atoms with Gasteiger partial charge >= 0.3 is 0 Å². The molecule has 1 heterocycles. The van der Waals surface area contributed by atoms with Gasteiger partial charge in [-0.15, -0.1) is 0 Å². The van der Waals surface area contributed by atoms with Gasteiger partial charge < -0.3 is 10.2 Å². The molecule has 7 nitrogen and oxygen atoms in total. The first-order chi connectivity index (χ1) is 11.3. The zero-order valence-electron chi connectivity index (χ0n) is 13.3. The van der Waals surface area contributed by atoms with E-state index in [9.17, 15) is 22.4 Å². The SMILES string of the molecule is CS(=O)(=O)NC1CCN(CCNC(=O)Cc2ccccc2F)C1=O. The second kappa shape index (κ2) is 7.71. The van der Waals surface area contributed by atoms with E-state index < -0.39 is 21.9 Å². The highest BCUT2D eigenvalue weighted by Crippen LogP contribution is 2.11. The maximum Gasteiger partial charge on any atom is 0.240 e. The van der Waals surface area contributed by atoms with E-state index >= 15 is 0 Å². The molecule has 0 aliphatic carbocycles. The van der Waals surface area contributed by atoms with Crippen molar-refractivity contribution in [2.75, 3.05) is 25.9 Å². The fourth-order valence-corrected chi connectivity index (χ4v) is 3.27. The summed E-state index contributed by atoms with van der Waals surface area (Å²) in [5.74, 6) is -1.07. The third kappa shape index (κ3) is 5.27. The molecule has 0 saturated carbocycles. The average Bonchev–Trinajstić information content (AvgIpc) is 2.81. The van der Waals surface area contributed by atoms with Crippen molar-refractivity contribution in [2.45, 2.75) is 18.9 Å². The molecule has 9 heteroatoms. The fourth-order valence-electron chi connectivity index (χ4n) is 2.54. The average molecular weight is 357 g/mol. The predicted molar refractivity (Wildman–Crippen MR) is 86.1 cm³/mol. The van der Waals surface area contributed by atoms with Gasteiger partial charge in [0.15, 0.2) is 0 Å². The molecule has 1 fully saturated rings. The Labute approximate surface area is 140 Å². The highest BCUT2D eigenvalue weighted by Gasteiger charge is 2.32. The lowest BCUT2D eigenvalue weighted by molar-refractivity contribution is -0.129. The molecule has 1 atom stereocenters. The number of nitrogens with one attached hydrogen (secondary N) is 2. The summed E-state index contributed by atoms with van der Waals surface area (Å²) in [5.41, 5.74) is 0.310. The largest absolute Gasteiger partial charge is 0.354 e. The summed E-state index contributed by atoms with van der Waals surface area (Å²) in [7, 11) is -3.44. The number of benzene rings is 1. The van der Waals surface area contributed by atoms with Gasteiger partial charge in [-0.1, -0.05) is 18.2 Å². The predicted octanol–water partition coefficient (Wildman–Crippen LogP) is -0.365. The molecule has 0 bridgehead atoms. The molecule has 0 spiro atoms. The molecule has 2 amide bonds. The molecule has 1 unspecified atom stereocenters. The quantitative estimate of drug-likeness (QED) is 0.696.